The molecule has 6 heteroatoms. The lowest BCUT2D eigenvalue weighted by Gasteiger charge is -2.09. The molecule has 0 aliphatic heterocycles. The number of hydrogen-bond donors (Lipinski definition) is 0. The molecule has 0 unspecified atom stereocenters. The van der Waals surface area contributed by atoms with E-state index >= 15 is 0 Å². The molecular formula is C13H5Cl5O. The van der Waals surface area contributed by atoms with Gasteiger partial charge in [-0.15, -0.1) is 0 Å². The number of rotatable bonds is 2. The maximum absolute atomic E-state index is 12.3. The zero-order chi connectivity index (χ0) is 14.2. The molecule has 2 aromatic carbocycles. The largest absolute Gasteiger partial charge is 0.288 e. The average Bonchev–Trinajstić information content (AvgIpc) is 2.37. The van der Waals surface area contributed by atoms with Gasteiger partial charge in [0.05, 0.1) is 25.7 Å². The van der Waals surface area contributed by atoms with Crippen molar-refractivity contribution in [2.75, 3.05) is 0 Å². The van der Waals surface area contributed by atoms with E-state index in [9.17, 15) is 4.79 Å². The van der Waals surface area contributed by atoms with Crippen molar-refractivity contribution in [3.05, 3.63) is 66.6 Å². The molecular weight excluding hydrogens is 349 g/mol. The standard InChI is InChI=1S/C13H5Cl5O/c14-7-3-1-6(2-4-7)13(19)10-8(15)5-9(16)11(17)12(10)18/h1-5H. The average molecular weight is 354 g/mol. The molecule has 0 aromatic heterocycles. The number of halogens is 5. The summed E-state index contributed by atoms with van der Waals surface area (Å²) in [7, 11) is 0. The lowest BCUT2D eigenvalue weighted by atomic mass is 10.0. The quantitative estimate of drug-likeness (QED) is 0.357. The summed E-state index contributed by atoms with van der Waals surface area (Å²) in [5.74, 6) is -0.342. The van der Waals surface area contributed by atoms with E-state index in [1.165, 1.54) is 6.07 Å². The fraction of sp³-hybridized carbons (Fsp3) is 0. The maximum Gasteiger partial charge on any atom is 0.196 e. The van der Waals surface area contributed by atoms with Gasteiger partial charge in [0.25, 0.3) is 0 Å². The first kappa shape index (κ1) is 15.0. The molecule has 0 saturated carbocycles. The lowest BCUT2D eigenvalue weighted by Crippen LogP contribution is -2.03. The van der Waals surface area contributed by atoms with Gasteiger partial charge in [-0.05, 0) is 30.3 Å². The monoisotopic (exact) mass is 352 g/mol. The van der Waals surface area contributed by atoms with E-state index in [0.717, 1.165) is 0 Å². The zero-order valence-corrected chi connectivity index (χ0v) is 13.0. The van der Waals surface area contributed by atoms with Gasteiger partial charge in [-0.1, -0.05) is 58.0 Å². The molecule has 1 nitrogen and oxygen atoms in total. The van der Waals surface area contributed by atoms with Crippen LogP contribution in [0.4, 0.5) is 0 Å². The van der Waals surface area contributed by atoms with E-state index in [0.29, 0.717) is 10.6 Å². The molecule has 0 atom stereocenters. The van der Waals surface area contributed by atoms with Crippen molar-refractivity contribution in [2.24, 2.45) is 0 Å². The third-order valence-corrected chi connectivity index (χ3v) is 4.26. The van der Waals surface area contributed by atoms with E-state index in [1.54, 1.807) is 24.3 Å². The van der Waals surface area contributed by atoms with E-state index in [-0.39, 0.29) is 31.4 Å². The summed E-state index contributed by atoms with van der Waals surface area (Å²) in [5.41, 5.74) is 0.534. The molecule has 0 fully saturated rings. The Morgan fingerprint density at radius 3 is 1.95 bits per heavy atom. The van der Waals surface area contributed by atoms with Crippen LogP contribution in [0.1, 0.15) is 15.9 Å². The Balaban J connectivity index is 2.56. The number of hydrogen-bond acceptors (Lipinski definition) is 1. The van der Waals surface area contributed by atoms with Crippen molar-refractivity contribution < 1.29 is 4.79 Å². The van der Waals surface area contributed by atoms with Gasteiger partial charge in [-0.3, -0.25) is 4.79 Å². The van der Waals surface area contributed by atoms with Crippen molar-refractivity contribution in [2.45, 2.75) is 0 Å². The molecule has 2 aromatic rings. The first-order valence-electron chi connectivity index (χ1n) is 5.05. The summed E-state index contributed by atoms with van der Waals surface area (Å²) < 4.78 is 0. The van der Waals surface area contributed by atoms with Crippen LogP contribution in [0, 0.1) is 0 Å². The zero-order valence-electron chi connectivity index (χ0n) is 9.18. The van der Waals surface area contributed by atoms with Crippen molar-refractivity contribution in [1.82, 2.24) is 0 Å². The van der Waals surface area contributed by atoms with Crippen molar-refractivity contribution in [3.8, 4) is 0 Å². The highest BCUT2D eigenvalue weighted by Crippen LogP contribution is 2.38. The van der Waals surface area contributed by atoms with E-state index in [2.05, 4.69) is 0 Å². The minimum atomic E-state index is -0.342. The van der Waals surface area contributed by atoms with Crippen LogP contribution in [0.25, 0.3) is 0 Å². The maximum atomic E-state index is 12.3. The minimum Gasteiger partial charge on any atom is -0.288 e. The Hall–Kier alpha value is -0.440. The Morgan fingerprint density at radius 2 is 1.37 bits per heavy atom. The number of benzene rings is 2. The van der Waals surface area contributed by atoms with Gasteiger partial charge in [0, 0.05) is 10.6 Å². The van der Waals surface area contributed by atoms with Crippen LogP contribution >= 0.6 is 58.0 Å². The summed E-state index contributed by atoms with van der Waals surface area (Å²) in [5, 5.41) is 1.02. The molecule has 19 heavy (non-hydrogen) atoms. The second kappa shape index (κ2) is 5.90. The molecule has 0 aliphatic carbocycles. The fourth-order valence-corrected chi connectivity index (χ4v) is 2.73. The summed E-state index contributed by atoms with van der Waals surface area (Å²) in [4.78, 5) is 12.3. The smallest absolute Gasteiger partial charge is 0.196 e. The predicted molar refractivity (Wildman–Crippen MR) is 81.4 cm³/mol. The summed E-state index contributed by atoms with van der Waals surface area (Å²) in [6, 6.07) is 7.77. The molecule has 98 valence electrons. The highest BCUT2D eigenvalue weighted by molar-refractivity contribution is 6.51. The summed E-state index contributed by atoms with van der Waals surface area (Å²) >= 11 is 29.6. The highest BCUT2D eigenvalue weighted by Gasteiger charge is 2.21. The van der Waals surface area contributed by atoms with Gasteiger partial charge in [0.1, 0.15) is 0 Å². The van der Waals surface area contributed by atoms with Gasteiger partial charge in [0.15, 0.2) is 5.78 Å². The minimum absolute atomic E-state index is 0.0408. The fourth-order valence-electron chi connectivity index (χ4n) is 1.52. The highest BCUT2D eigenvalue weighted by atomic mass is 35.5. The van der Waals surface area contributed by atoms with Gasteiger partial charge < -0.3 is 0 Å². The Morgan fingerprint density at radius 1 is 0.789 bits per heavy atom. The topological polar surface area (TPSA) is 17.1 Å². The van der Waals surface area contributed by atoms with Gasteiger partial charge >= 0.3 is 0 Å². The predicted octanol–water partition coefficient (Wildman–Crippen LogP) is 6.18. The first-order valence-corrected chi connectivity index (χ1v) is 6.94. The van der Waals surface area contributed by atoms with Gasteiger partial charge in [-0.2, -0.15) is 0 Å². The van der Waals surface area contributed by atoms with E-state index < -0.39 is 0 Å². The van der Waals surface area contributed by atoms with Gasteiger partial charge in [0.2, 0.25) is 0 Å². The van der Waals surface area contributed by atoms with Crippen LogP contribution in [0.2, 0.25) is 25.1 Å². The molecule has 0 bridgehead atoms. The van der Waals surface area contributed by atoms with Gasteiger partial charge in [-0.25, -0.2) is 0 Å². The summed E-state index contributed by atoms with van der Waals surface area (Å²) in [6.07, 6.45) is 0. The molecule has 2 rings (SSSR count). The lowest BCUT2D eigenvalue weighted by molar-refractivity contribution is 0.103. The van der Waals surface area contributed by atoms with Crippen molar-refractivity contribution >= 4 is 63.8 Å². The molecule has 0 aliphatic rings. The first-order chi connectivity index (χ1) is 8.91. The van der Waals surface area contributed by atoms with E-state index in [1.807, 2.05) is 0 Å². The molecule has 0 N–H and O–H groups in total. The number of carbonyl (C=O) groups is 1. The molecule has 0 radical (unpaired) electrons. The second-order valence-electron chi connectivity index (χ2n) is 3.68. The Bertz CT molecular complexity index is 649. The molecule has 0 saturated heterocycles. The molecule has 0 amide bonds. The molecule has 0 spiro atoms. The third kappa shape index (κ3) is 3.01. The van der Waals surface area contributed by atoms with Crippen LogP contribution in [0.15, 0.2) is 30.3 Å². The third-order valence-electron chi connectivity index (χ3n) is 2.45. The normalized spacial score (nSPS) is 10.6. The Kier molecular flexibility index (Phi) is 4.65. The Labute approximate surface area is 135 Å². The summed E-state index contributed by atoms with van der Waals surface area (Å²) in [6.45, 7) is 0. The SMILES string of the molecule is O=C(c1ccc(Cl)cc1)c1c(Cl)cc(Cl)c(Cl)c1Cl. The number of ketones is 1. The van der Waals surface area contributed by atoms with Crippen LogP contribution in [-0.2, 0) is 0 Å². The van der Waals surface area contributed by atoms with Crippen LogP contribution in [0.3, 0.4) is 0 Å². The van der Waals surface area contributed by atoms with Crippen molar-refractivity contribution in [1.29, 1.82) is 0 Å². The second-order valence-corrected chi connectivity index (χ2v) is 5.69. The van der Waals surface area contributed by atoms with Crippen molar-refractivity contribution in [3.63, 3.8) is 0 Å². The van der Waals surface area contributed by atoms with Crippen LogP contribution in [-0.4, -0.2) is 5.78 Å². The number of carbonyl (C=O) groups excluding carboxylic acids is 1. The van der Waals surface area contributed by atoms with Crippen LogP contribution < -0.4 is 0 Å². The molecule has 0 heterocycles. The van der Waals surface area contributed by atoms with E-state index in [4.69, 9.17) is 58.0 Å². The van der Waals surface area contributed by atoms with Crippen LogP contribution in [0.5, 0.6) is 0 Å².